The molecule has 1 spiro atoms. The number of urea groups is 1. The van der Waals surface area contributed by atoms with Gasteiger partial charge in [0, 0.05) is 0 Å². The smallest absolute Gasteiger partial charge is 0.323 e. The van der Waals surface area contributed by atoms with Gasteiger partial charge in [-0.15, -0.1) is 0 Å². The largest absolute Gasteiger partial charge is 0.325 e. The Hall–Kier alpha value is -2.65. The van der Waals surface area contributed by atoms with Crippen molar-refractivity contribution in [1.29, 1.82) is 0 Å². The third kappa shape index (κ3) is 3.52. The Morgan fingerprint density at radius 2 is 2.00 bits per heavy atom. The number of hydrogen-bond acceptors (Lipinski definition) is 4. The molecule has 4 rings (SSSR count). The Kier molecular flexibility index (Phi) is 5.42. The van der Waals surface area contributed by atoms with Gasteiger partial charge in [-0.05, 0) is 36.1 Å². The van der Waals surface area contributed by atoms with E-state index in [4.69, 9.17) is 11.6 Å². The van der Waals surface area contributed by atoms with Crippen molar-refractivity contribution in [3.63, 3.8) is 0 Å². The molecule has 1 unspecified atom stereocenters. The number of anilines is 1. The van der Waals surface area contributed by atoms with E-state index in [0.717, 1.165) is 16.0 Å². The van der Waals surface area contributed by atoms with Crippen LogP contribution in [0.3, 0.4) is 0 Å². The van der Waals surface area contributed by atoms with Crippen molar-refractivity contribution in [2.75, 3.05) is 11.9 Å². The summed E-state index contributed by atoms with van der Waals surface area (Å²) in [5.41, 5.74) is 0.633. The summed E-state index contributed by atoms with van der Waals surface area (Å²) >= 11 is 6.17. The number of imide groups is 1. The van der Waals surface area contributed by atoms with Crippen molar-refractivity contribution in [1.82, 2.24) is 10.2 Å². The van der Waals surface area contributed by atoms with Crippen LogP contribution >= 0.6 is 23.4 Å². The minimum atomic E-state index is -2.73. The number of amides is 4. The number of aryl methyl sites for hydroxylation is 1. The minimum absolute atomic E-state index is 0.0147. The molecule has 2 N–H and O–H groups in total. The molecule has 1 saturated heterocycles. The number of nitrogens with one attached hydrogen (secondary N) is 2. The van der Waals surface area contributed by atoms with Gasteiger partial charge in [0.1, 0.15) is 12.1 Å². The van der Waals surface area contributed by atoms with E-state index >= 15 is 0 Å². The van der Waals surface area contributed by atoms with Gasteiger partial charge >= 0.3 is 6.03 Å². The van der Waals surface area contributed by atoms with E-state index in [1.165, 1.54) is 18.2 Å². The minimum Gasteiger partial charge on any atom is -0.323 e. The second-order valence-corrected chi connectivity index (χ2v) is 8.33. The predicted molar refractivity (Wildman–Crippen MR) is 109 cm³/mol. The first-order chi connectivity index (χ1) is 14.3. The first-order valence-electron chi connectivity index (χ1n) is 9.07. The number of nitrogens with zero attached hydrogens (tertiary/aromatic N) is 1. The predicted octanol–water partition coefficient (Wildman–Crippen LogP) is 3.99. The molecule has 1 heterocycles. The fourth-order valence-corrected chi connectivity index (χ4v) is 4.80. The van der Waals surface area contributed by atoms with Crippen LogP contribution in [0.5, 0.6) is 0 Å². The van der Waals surface area contributed by atoms with E-state index in [1.807, 2.05) is 12.1 Å². The number of benzene rings is 2. The normalized spacial score (nSPS) is 20.1. The zero-order valence-corrected chi connectivity index (χ0v) is 17.0. The average molecular weight is 452 g/mol. The number of halogens is 3. The van der Waals surface area contributed by atoms with Crippen molar-refractivity contribution in [2.45, 2.75) is 29.0 Å². The number of hydrogen-bond donors (Lipinski definition) is 2. The maximum absolute atomic E-state index is 13.1. The Balaban J connectivity index is 1.52. The molecule has 1 aliphatic carbocycles. The lowest BCUT2D eigenvalue weighted by molar-refractivity contribution is -0.134. The van der Waals surface area contributed by atoms with Gasteiger partial charge in [0.2, 0.25) is 5.91 Å². The monoisotopic (exact) mass is 451 g/mol. The molecule has 2 aliphatic rings. The fourth-order valence-electron chi connectivity index (χ4n) is 3.88. The van der Waals surface area contributed by atoms with Crippen LogP contribution in [0.2, 0.25) is 5.02 Å². The molecular weight excluding hydrogens is 436 g/mol. The summed E-state index contributed by atoms with van der Waals surface area (Å²) in [5.74, 6) is -3.92. The summed E-state index contributed by atoms with van der Waals surface area (Å²) in [6, 6.07) is 11.1. The highest BCUT2D eigenvalue weighted by Gasteiger charge is 2.55. The van der Waals surface area contributed by atoms with Crippen LogP contribution < -0.4 is 10.6 Å². The molecular formula is C20H16ClF2N3O3S. The van der Waals surface area contributed by atoms with Crippen molar-refractivity contribution < 1.29 is 23.2 Å². The quantitative estimate of drug-likeness (QED) is 0.532. The van der Waals surface area contributed by atoms with Gasteiger partial charge in [-0.1, -0.05) is 53.7 Å². The summed E-state index contributed by atoms with van der Waals surface area (Å²) in [4.78, 5) is 39.0. The maximum atomic E-state index is 13.1. The van der Waals surface area contributed by atoms with E-state index in [2.05, 4.69) is 10.6 Å². The molecule has 1 fully saturated rings. The number of carbonyl (C=O) groups excluding carboxylic acids is 3. The molecule has 0 radical (unpaired) electrons. The molecule has 0 saturated carbocycles. The molecule has 1 atom stereocenters. The van der Waals surface area contributed by atoms with Crippen LogP contribution in [0, 0.1) is 0 Å². The van der Waals surface area contributed by atoms with Crippen LogP contribution in [0.15, 0.2) is 47.4 Å². The topological polar surface area (TPSA) is 78.5 Å². The third-order valence-corrected chi connectivity index (χ3v) is 6.45. The van der Waals surface area contributed by atoms with Crippen molar-refractivity contribution in [3.8, 4) is 0 Å². The highest BCUT2D eigenvalue weighted by Crippen LogP contribution is 2.41. The highest BCUT2D eigenvalue weighted by molar-refractivity contribution is 7.99. The molecule has 30 heavy (non-hydrogen) atoms. The van der Waals surface area contributed by atoms with Gasteiger partial charge in [-0.2, -0.15) is 8.78 Å². The van der Waals surface area contributed by atoms with E-state index < -0.39 is 35.7 Å². The van der Waals surface area contributed by atoms with Crippen LogP contribution in [0.4, 0.5) is 19.3 Å². The summed E-state index contributed by atoms with van der Waals surface area (Å²) in [6.45, 7) is -0.542. The van der Waals surface area contributed by atoms with Gasteiger partial charge in [-0.25, -0.2) is 4.79 Å². The third-order valence-electron chi connectivity index (χ3n) is 5.17. The number of thioether (sulfide) groups is 1. The first-order valence-corrected chi connectivity index (χ1v) is 10.3. The zero-order chi connectivity index (χ0) is 21.5. The Morgan fingerprint density at radius 1 is 1.23 bits per heavy atom. The molecule has 10 heteroatoms. The van der Waals surface area contributed by atoms with E-state index in [-0.39, 0.29) is 27.4 Å². The maximum Gasteiger partial charge on any atom is 0.325 e. The molecule has 1 aliphatic heterocycles. The van der Waals surface area contributed by atoms with Crippen LogP contribution in [0.25, 0.3) is 0 Å². The summed E-state index contributed by atoms with van der Waals surface area (Å²) in [5, 5.41) is 5.27. The molecule has 0 aromatic heterocycles. The summed E-state index contributed by atoms with van der Waals surface area (Å²) in [7, 11) is 0. The molecule has 6 nitrogen and oxygen atoms in total. The lowest BCUT2D eigenvalue weighted by atomic mass is 9.92. The van der Waals surface area contributed by atoms with Crippen LogP contribution in [-0.2, 0) is 21.5 Å². The Morgan fingerprint density at radius 3 is 2.77 bits per heavy atom. The number of rotatable bonds is 5. The first kappa shape index (κ1) is 20.6. The van der Waals surface area contributed by atoms with Gasteiger partial charge in [0.15, 0.2) is 0 Å². The fraction of sp³-hybridized carbons (Fsp3) is 0.250. The van der Waals surface area contributed by atoms with Gasteiger partial charge in [-0.3, -0.25) is 14.5 Å². The lowest BCUT2D eigenvalue weighted by Gasteiger charge is -2.22. The summed E-state index contributed by atoms with van der Waals surface area (Å²) < 4.78 is 25.6. The zero-order valence-electron chi connectivity index (χ0n) is 15.5. The molecule has 2 aromatic carbocycles. The highest BCUT2D eigenvalue weighted by atomic mass is 35.5. The van der Waals surface area contributed by atoms with Crippen molar-refractivity contribution in [3.05, 3.63) is 58.6 Å². The number of fused-ring (bicyclic) bond motifs is 2. The van der Waals surface area contributed by atoms with Gasteiger partial charge in [0.05, 0.1) is 15.6 Å². The van der Waals surface area contributed by atoms with Crippen LogP contribution in [-0.4, -0.2) is 35.0 Å². The lowest BCUT2D eigenvalue weighted by Crippen LogP contribution is -2.43. The van der Waals surface area contributed by atoms with Crippen LogP contribution in [0.1, 0.15) is 17.5 Å². The van der Waals surface area contributed by atoms with Gasteiger partial charge < -0.3 is 10.6 Å². The second-order valence-electron chi connectivity index (χ2n) is 6.93. The molecule has 4 amide bonds. The average Bonchev–Trinajstić information content (AvgIpc) is 3.18. The van der Waals surface area contributed by atoms with E-state index in [9.17, 15) is 23.2 Å². The number of carbonyl (C=O) groups is 3. The Labute approximate surface area is 179 Å². The van der Waals surface area contributed by atoms with Gasteiger partial charge in [0.25, 0.3) is 11.7 Å². The van der Waals surface area contributed by atoms with E-state index in [0.29, 0.717) is 12.8 Å². The van der Waals surface area contributed by atoms with Crippen molar-refractivity contribution >= 4 is 46.9 Å². The molecule has 2 aromatic rings. The SMILES string of the molecule is O=C(CN1C(=O)NC2(CCc3ccccc32)C1=O)Nc1cccc(Cl)c1SC(F)F. The standard InChI is InChI=1S/C20H16ClF2N3O3S/c21-13-6-3-7-14(16(13)30-18(22)23)24-15(27)10-26-17(28)20(25-19(26)29)9-8-11-4-1-2-5-12(11)20/h1-7,18H,8-10H2,(H,24,27)(H,25,29). The number of alkyl halides is 2. The molecule has 0 bridgehead atoms. The van der Waals surface area contributed by atoms with Crippen molar-refractivity contribution in [2.24, 2.45) is 0 Å². The molecule has 156 valence electrons. The second kappa shape index (κ2) is 7.88. The summed E-state index contributed by atoms with van der Waals surface area (Å²) in [6.07, 6.45) is 1.05. The Bertz CT molecular complexity index is 1050. The van der Waals surface area contributed by atoms with E-state index in [1.54, 1.807) is 12.1 Å².